The molecule has 6 nitrogen and oxygen atoms in total. The zero-order valence-electron chi connectivity index (χ0n) is 27.2. The highest BCUT2D eigenvalue weighted by atomic mass is 32.1. The highest BCUT2D eigenvalue weighted by molar-refractivity contribution is 7.10. The lowest BCUT2D eigenvalue weighted by Crippen LogP contribution is -2.42. The van der Waals surface area contributed by atoms with E-state index in [1.807, 2.05) is 11.6 Å². The zero-order chi connectivity index (χ0) is 32.2. The highest BCUT2D eigenvalue weighted by Crippen LogP contribution is 2.37. The Labute approximate surface area is 265 Å². The first-order valence-corrected chi connectivity index (χ1v) is 19.3. The summed E-state index contributed by atoms with van der Waals surface area (Å²) >= 11 is 1.67. The molecule has 1 amide bonds. The number of carbonyl (C=O) groups excluding carboxylic acids is 2. The number of hydrogen-bond acceptors (Lipinski definition) is 5. The first-order valence-electron chi connectivity index (χ1n) is 15.9. The van der Waals surface area contributed by atoms with Crippen LogP contribution in [0, 0.1) is 38.3 Å². The maximum atomic E-state index is 14.4. The molecule has 0 saturated heterocycles. The van der Waals surface area contributed by atoms with E-state index < -0.39 is 20.0 Å². The van der Waals surface area contributed by atoms with E-state index in [9.17, 15) is 18.4 Å². The van der Waals surface area contributed by atoms with E-state index in [-0.39, 0.29) is 42.8 Å². The molecule has 1 saturated carbocycles. The molecular weight excluding hydrogens is 597 g/mol. The molecule has 0 bridgehead atoms. The quantitative estimate of drug-likeness (QED) is 0.175. The van der Waals surface area contributed by atoms with Crippen LogP contribution in [0.2, 0.25) is 18.1 Å². The molecule has 2 aromatic heterocycles. The maximum Gasteiger partial charge on any atom is 0.257 e. The Bertz CT molecular complexity index is 1410. The molecule has 10 heteroatoms. The fourth-order valence-electron chi connectivity index (χ4n) is 6.79. The summed E-state index contributed by atoms with van der Waals surface area (Å²) in [5.74, 6) is -1.27. The second kappa shape index (κ2) is 14.6. The number of halogens is 2. The lowest BCUT2D eigenvalue weighted by Gasteiger charge is -2.36. The molecule has 1 unspecified atom stereocenters. The van der Waals surface area contributed by atoms with Crippen molar-refractivity contribution >= 4 is 31.3 Å². The van der Waals surface area contributed by atoms with Crippen LogP contribution in [0.5, 0.6) is 0 Å². The van der Waals surface area contributed by atoms with E-state index in [1.54, 1.807) is 29.4 Å². The van der Waals surface area contributed by atoms with Crippen molar-refractivity contribution in [1.29, 1.82) is 0 Å². The van der Waals surface area contributed by atoms with Crippen LogP contribution < -0.4 is 0 Å². The number of aromatic nitrogens is 2. The van der Waals surface area contributed by atoms with Gasteiger partial charge in [-0.15, -0.1) is 11.3 Å². The average Bonchev–Trinajstić information content (AvgIpc) is 3.54. The molecule has 44 heavy (non-hydrogen) atoms. The largest absolute Gasteiger partial charge is 0.408 e. The number of benzene rings is 1. The smallest absolute Gasteiger partial charge is 0.257 e. The highest BCUT2D eigenvalue weighted by Gasteiger charge is 2.36. The second-order valence-electron chi connectivity index (χ2n) is 12.4. The number of hydrogen-bond donors (Lipinski definition) is 0. The van der Waals surface area contributed by atoms with Crippen molar-refractivity contribution < 1.29 is 22.8 Å². The molecule has 1 aliphatic rings. The van der Waals surface area contributed by atoms with Gasteiger partial charge in [-0.05, 0) is 106 Å². The fourth-order valence-corrected chi connectivity index (χ4v) is 10.5. The molecule has 2 heterocycles. The minimum absolute atomic E-state index is 0.0306. The van der Waals surface area contributed by atoms with Gasteiger partial charge in [-0.1, -0.05) is 20.8 Å². The predicted octanol–water partition coefficient (Wildman–Crippen LogP) is 8.87. The lowest BCUT2D eigenvalue weighted by molar-refractivity contribution is -0.121. The van der Waals surface area contributed by atoms with Crippen molar-refractivity contribution in [2.45, 2.75) is 111 Å². The maximum absolute atomic E-state index is 14.4. The summed E-state index contributed by atoms with van der Waals surface area (Å²) in [5.41, 5.74) is 3.83. The Hall–Kier alpha value is -2.69. The van der Waals surface area contributed by atoms with Gasteiger partial charge in [-0.25, -0.2) is 8.78 Å². The van der Waals surface area contributed by atoms with Crippen molar-refractivity contribution in [2.75, 3.05) is 6.54 Å². The van der Waals surface area contributed by atoms with Gasteiger partial charge in [0.2, 0.25) is 0 Å². The first kappa shape index (κ1) is 34.2. The average molecular weight is 644 g/mol. The molecule has 4 rings (SSSR count). The Kier molecular flexibility index (Phi) is 11.3. The molecule has 0 N–H and O–H groups in total. The minimum Gasteiger partial charge on any atom is -0.408 e. The standard InChI is InChI=1S/C34H47F2N3O3SSi/c1-8-44(9-2,10-3)42-32(33-22(4)21-43-25(33)7)20-38(19-26-15-28(35)17-29(36)16-26)34(41)31-18-37-39(23(31)5)30-13-11-27(12-14-30)24(6)40/h15-18,21,27,30,32H,8-14,19-20H2,1-7H3. The van der Waals surface area contributed by atoms with Crippen LogP contribution in [0.1, 0.15) is 103 Å². The number of Topliss-reactive ketones (excluding diaryl/α,β-unsaturated/α-hetero) is 1. The van der Waals surface area contributed by atoms with Gasteiger partial charge >= 0.3 is 0 Å². The van der Waals surface area contributed by atoms with Crippen molar-refractivity contribution in [3.05, 3.63) is 74.2 Å². The molecule has 1 atom stereocenters. The third kappa shape index (κ3) is 7.57. The van der Waals surface area contributed by atoms with Gasteiger partial charge in [-0.2, -0.15) is 5.10 Å². The fraction of sp³-hybridized carbons (Fsp3) is 0.559. The molecule has 0 radical (unpaired) electrons. The number of rotatable bonds is 13. The van der Waals surface area contributed by atoms with Gasteiger partial charge < -0.3 is 9.33 Å². The summed E-state index contributed by atoms with van der Waals surface area (Å²) in [6, 6.07) is 6.41. The van der Waals surface area contributed by atoms with Crippen LogP contribution >= 0.6 is 11.3 Å². The Morgan fingerprint density at radius 3 is 2.18 bits per heavy atom. The summed E-state index contributed by atoms with van der Waals surface area (Å²) < 4.78 is 37.7. The molecule has 240 valence electrons. The van der Waals surface area contributed by atoms with E-state index in [4.69, 9.17) is 4.43 Å². The molecule has 3 aromatic rings. The van der Waals surface area contributed by atoms with E-state index >= 15 is 0 Å². The summed E-state index contributed by atoms with van der Waals surface area (Å²) in [5, 5.41) is 6.77. The Balaban J connectivity index is 1.72. The van der Waals surface area contributed by atoms with Crippen LogP contribution in [0.3, 0.4) is 0 Å². The van der Waals surface area contributed by atoms with Crippen molar-refractivity contribution in [3.63, 3.8) is 0 Å². The van der Waals surface area contributed by atoms with Crippen molar-refractivity contribution in [3.8, 4) is 0 Å². The van der Waals surface area contributed by atoms with E-state index in [0.29, 0.717) is 11.1 Å². The van der Waals surface area contributed by atoms with Crippen molar-refractivity contribution in [1.82, 2.24) is 14.7 Å². The predicted molar refractivity (Wildman–Crippen MR) is 175 cm³/mol. The number of aryl methyl sites for hydroxylation is 2. The van der Waals surface area contributed by atoms with E-state index in [2.05, 4.69) is 45.1 Å². The summed E-state index contributed by atoms with van der Waals surface area (Å²) in [4.78, 5) is 29.2. The first-order chi connectivity index (χ1) is 20.9. The number of ketones is 1. The van der Waals surface area contributed by atoms with Gasteiger partial charge in [0.1, 0.15) is 17.4 Å². The molecule has 1 fully saturated rings. The zero-order valence-corrected chi connectivity index (χ0v) is 29.0. The number of thiophene rings is 1. The van der Waals surface area contributed by atoms with E-state index in [0.717, 1.165) is 71.6 Å². The van der Waals surface area contributed by atoms with Crippen molar-refractivity contribution in [2.24, 2.45) is 5.92 Å². The van der Waals surface area contributed by atoms with E-state index in [1.165, 1.54) is 12.1 Å². The molecule has 0 spiro atoms. The van der Waals surface area contributed by atoms with Gasteiger partial charge in [-0.3, -0.25) is 14.3 Å². The lowest BCUT2D eigenvalue weighted by atomic mass is 9.84. The SMILES string of the molecule is CC[Si](CC)(CC)OC(CN(Cc1cc(F)cc(F)c1)C(=O)c1cnn(C2CCC(C(C)=O)CC2)c1C)c1c(C)csc1C. The van der Waals surface area contributed by atoms with Gasteiger partial charge in [0.25, 0.3) is 5.91 Å². The minimum atomic E-state index is -2.11. The molecule has 1 aliphatic carbocycles. The topological polar surface area (TPSA) is 64.4 Å². The number of carbonyl (C=O) groups is 2. The van der Waals surface area contributed by atoms with Gasteiger partial charge in [0.05, 0.1) is 30.5 Å². The molecule has 0 aliphatic heterocycles. The third-order valence-electron chi connectivity index (χ3n) is 9.73. The summed E-state index contributed by atoms with van der Waals surface area (Å²) in [6.45, 7) is 14.6. The number of amides is 1. The monoisotopic (exact) mass is 643 g/mol. The van der Waals surface area contributed by atoms with Crippen LogP contribution in [0.25, 0.3) is 0 Å². The summed E-state index contributed by atoms with van der Waals surface area (Å²) in [7, 11) is -2.11. The molecular formula is C34H47F2N3O3SSi. The Morgan fingerprint density at radius 1 is 1.05 bits per heavy atom. The Morgan fingerprint density at radius 2 is 1.66 bits per heavy atom. The number of nitrogens with zero attached hydrogens (tertiary/aromatic N) is 3. The summed E-state index contributed by atoms with van der Waals surface area (Å²) in [6.07, 6.45) is 4.54. The second-order valence-corrected chi connectivity index (χ2v) is 18.2. The molecule has 1 aromatic carbocycles. The van der Waals surface area contributed by atoms with Gasteiger partial charge in [0, 0.05) is 29.1 Å². The van der Waals surface area contributed by atoms with Crippen LogP contribution in [0.15, 0.2) is 29.8 Å². The normalized spacial score (nSPS) is 17.9. The van der Waals surface area contributed by atoms with Crippen LogP contribution in [-0.4, -0.2) is 41.2 Å². The van der Waals surface area contributed by atoms with Gasteiger partial charge in [0.15, 0.2) is 8.32 Å². The van der Waals surface area contributed by atoms with Crippen LogP contribution in [0.4, 0.5) is 8.78 Å². The van der Waals surface area contributed by atoms with Crippen LogP contribution in [-0.2, 0) is 15.8 Å². The third-order valence-corrected chi connectivity index (χ3v) is 15.4.